The van der Waals surface area contributed by atoms with Crippen molar-refractivity contribution in [1.29, 1.82) is 0 Å². The second-order valence-corrected chi connectivity index (χ2v) is 9.88. The van der Waals surface area contributed by atoms with Crippen molar-refractivity contribution in [3.8, 4) is 22.7 Å². The topological polar surface area (TPSA) is 102 Å². The number of thioether (sulfide) groups is 1. The van der Waals surface area contributed by atoms with E-state index in [0.717, 1.165) is 34.7 Å². The Labute approximate surface area is 223 Å². The summed E-state index contributed by atoms with van der Waals surface area (Å²) in [6.45, 7) is 2.14. The molecule has 0 bridgehead atoms. The van der Waals surface area contributed by atoms with Gasteiger partial charge in [0.25, 0.3) is 11.1 Å². The van der Waals surface area contributed by atoms with Gasteiger partial charge in [-0.1, -0.05) is 37.8 Å². The Bertz CT molecular complexity index is 1320. The average Bonchev–Trinajstić information content (AvgIpc) is 3.41. The minimum absolute atomic E-state index is 0.134. The number of aromatic nitrogens is 2. The van der Waals surface area contributed by atoms with Gasteiger partial charge in [-0.15, -0.1) is 0 Å². The number of imide groups is 1. The molecule has 1 fully saturated rings. The Hall–Kier alpha value is -3.56. The van der Waals surface area contributed by atoms with Crippen molar-refractivity contribution >= 4 is 46.6 Å². The number of carbonyl (C=O) groups is 3. The Balaban J connectivity index is 1.64. The molecule has 1 N–H and O–H groups in total. The second-order valence-electron chi connectivity index (χ2n) is 8.45. The number of benzene rings is 2. The first-order valence-corrected chi connectivity index (χ1v) is 13.1. The molecular formula is C27H26ClN3O5S. The smallest absolute Gasteiger partial charge is 0.323 e. The predicted octanol–water partition coefficient (Wildman–Crippen LogP) is 6.27. The van der Waals surface area contributed by atoms with Gasteiger partial charge in [0.05, 0.1) is 22.9 Å². The Kier molecular flexibility index (Phi) is 8.68. The Morgan fingerprint density at radius 3 is 2.49 bits per heavy atom. The van der Waals surface area contributed by atoms with Gasteiger partial charge in [0.2, 0.25) is 0 Å². The third kappa shape index (κ3) is 6.61. The van der Waals surface area contributed by atoms with Gasteiger partial charge in [-0.05, 0) is 72.8 Å². The van der Waals surface area contributed by atoms with E-state index in [2.05, 4.69) is 6.92 Å². The number of carbonyl (C=O) groups excluding carboxylic acids is 2. The second kappa shape index (κ2) is 12.1. The first-order chi connectivity index (χ1) is 17.9. The minimum atomic E-state index is -1.26. The first-order valence-electron chi connectivity index (χ1n) is 11.9. The molecule has 4 rings (SSSR count). The molecule has 37 heavy (non-hydrogen) atoms. The molecule has 192 valence electrons. The summed E-state index contributed by atoms with van der Waals surface area (Å²) in [5.41, 5.74) is 2.75. The van der Waals surface area contributed by atoms with Crippen molar-refractivity contribution in [3.05, 3.63) is 70.2 Å². The third-order valence-electron chi connectivity index (χ3n) is 5.68. The van der Waals surface area contributed by atoms with Crippen molar-refractivity contribution in [2.24, 2.45) is 0 Å². The van der Waals surface area contributed by atoms with Crippen LogP contribution in [0.25, 0.3) is 23.0 Å². The number of ether oxygens (including phenoxy) is 1. The van der Waals surface area contributed by atoms with E-state index in [1.54, 1.807) is 29.1 Å². The van der Waals surface area contributed by atoms with Gasteiger partial charge in [-0.25, -0.2) is 4.68 Å². The zero-order valence-electron chi connectivity index (χ0n) is 20.2. The summed E-state index contributed by atoms with van der Waals surface area (Å²) in [7, 11) is 0. The van der Waals surface area contributed by atoms with Crippen molar-refractivity contribution in [3.63, 3.8) is 0 Å². The highest BCUT2D eigenvalue weighted by atomic mass is 35.5. The molecule has 8 nitrogen and oxygen atoms in total. The van der Waals surface area contributed by atoms with E-state index in [1.807, 2.05) is 36.4 Å². The fourth-order valence-electron chi connectivity index (χ4n) is 3.78. The van der Waals surface area contributed by atoms with Crippen LogP contribution in [0.2, 0.25) is 5.02 Å². The monoisotopic (exact) mass is 539 g/mol. The van der Waals surface area contributed by atoms with E-state index in [1.165, 1.54) is 12.8 Å². The molecule has 1 aromatic heterocycles. The zero-order chi connectivity index (χ0) is 26.4. The standard InChI is InChI=1S/C27H26ClN3O5S/c1-2-3-4-5-14-36-22-12-6-18(7-13-22)25-19(16-31(29-25)21-10-8-20(28)9-11-21)15-23-26(34)30(17-24(32)33)27(35)37-23/h6-13,15-16H,2-5,14,17H2,1H3,(H,32,33)/b23-15-. The number of carboxylic acids is 1. The summed E-state index contributed by atoms with van der Waals surface area (Å²) in [4.78, 5) is 36.9. The number of nitrogens with zero attached hydrogens (tertiary/aromatic N) is 3. The Morgan fingerprint density at radius 1 is 1.08 bits per heavy atom. The van der Waals surface area contributed by atoms with E-state index in [-0.39, 0.29) is 4.91 Å². The maximum Gasteiger partial charge on any atom is 0.323 e. The highest BCUT2D eigenvalue weighted by Crippen LogP contribution is 2.35. The lowest BCUT2D eigenvalue weighted by molar-refractivity contribution is -0.140. The predicted molar refractivity (Wildman–Crippen MR) is 144 cm³/mol. The molecule has 1 aliphatic rings. The molecule has 0 unspecified atom stereocenters. The summed E-state index contributed by atoms with van der Waals surface area (Å²) in [6.07, 6.45) is 7.82. The molecule has 0 atom stereocenters. The number of halogens is 1. The van der Waals surface area contributed by atoms with Gasteiger partial charge in [0.1, 0.15) is 12.3 Å². The van der Waals surface area contributed by atoms with Crippen LogP contribution in [0, 0.1) is 0 Å². The van der Waals surface area contributed by atoms with Gasteiger partial charge in [0, 0.05) is 22.3 Å². The maximum absolute atomic E-state index is 12.7. The van der Waals surface area contributed by atoms with Gasteiger partial charge < -0.3 is 9.84 Å². The number of unbranched alkanes of at least 4 members (excludes halogenated alkanes) is 3. The van der Waals surface area contributed by atoms with Crippen LogP contribution in [0.5, 0.6) is 5.75 Å². The molecule has 10 heteroatoms. The van der Waals surface area contributed by atoms with Gasteiger partial charge in [-0.2, -0.15) is 5.10 Å². The zero-order valence-corrected chi connectivity index (χ0v) is 21.8. The SMILES string of the molecule is CCCCCCOc1ccc(-c2nn(-c3ccc(Cl)cc3)cc2/C=C2\SC(=O)N(CC(=O)O)C2=O)cc1. The molecule has 3 aromatic rings. The van der Waals surface area contributed by atoms with Crippen molar-refractivity contribution in [2.45, 2.75) is 32.6 Å². The van der Waals surface area contributed by atoms with Crippen LogP contribution in [0.3, 0.4) is 0 Å². The lowest BCUT2D eigenvalue weighted by Gasteiger charge is -2.08. The van der Waals surface area contributed by atoms with Crippen molar-refractivity contribution in [2.75, 3.05) is 13.2 Å². The van der Waals surface area contributed by atoms with E-state index in [4.69, 9.17) is 26.5 Å². The third-order valence-corrected chi connectivity index (χ3v) is 6.84. The summed E-state index contributed by atoms with van der Waals surface area (Å²) in [5, 5.41) is 13.7. The van der Waals surface area contributed by atoms with E-state index in [9.17, 15) is 14.4 Å². The van der Waals surface area contributed by atoms with Crippen LogP contribution in [0.1, 0.15) is 38.2 Å². The maximum atomic E-state index is 12.7. The molecular weight excluding hydrogens is 514 g/mol. The number of carboxylic acid groups (broad SMARTS) is 1. The lowest BCUT2D eigenvalue weighted by Crippen LogP contribution is -2.33. The van der Waals surface area contributed by atoms with Gasteiger partial charge in [0.15, 0.2) is 0 Å². The van der Waals surface area contributed by atoms with Crippen LogP contribution in [0.15, 0.2) is 59.6 Å². The largest absolute Gasteiger partial charge is 0.494 e. The normalized spacial score (nSPS) is 14.5. The highest BCUT2D eigenvalue weighted by Gasteiger charge is 2.36. The average molecular weight is 540 g/mol. The van der Waals surface area contributed by atoms with Gasteiger partial charge in [-0.3, -0.25) is 19.3 Å². The van der Waals surface area contributed by atoms with Crippen molar-refractivity contribution < 1.29 is 24.2 Å². The quantitative estimate of drug-likeness (QED) is 0.226. The van der Waals surface area contributed by atoms with Crippen LogP contribution in [0.4, 0.5) is 4.79 Å². The molecule has 2 heterocycles. The minimum Gasteiger partial charge on any atom is -0.494 e. The molecule has 0 aliphatic carbocycles. The molecule has 2 amide bonds. The first kappa shape index (κ1) is 26.5. The van der Waals surface area contributed by atoms with Crippen molar-refractivity contribution in [1.82, 2.24) is 14.7 Å². The molecule has 0 spiro atoms. The summed E-state index contributed by atoms with van der Waals surface area (Å²) >= 11 is 6.74. The van der Waals surface area contributed by atoms with Crippen LogP contribution in [-0.4, -0.2) is 50.1 Å². The summed E-state index contributed by atoms with van der Waals surface area (Å²) in [6, 6.07) is 14.7. The van der Waals surface area contributed by atoms with Crippen LogP contribution in [-0.2, 0) is 9.59 Å². The molecule has 1 aliphatic heterocycles. The molecule has 2 aromatic carbocycles. The molecule has 0 radical (unpaired) electrons. The number of hydrogen-bond donors (Lipinski definition) is 1. The number of aliphatic carboxylic acids is 1. The highest BCUT2D eigenvalue weighted by molar-refractivity contribution is 8.18. The molecule has 0 saturated carbocycles. The number of amides is 2. The van der Waals surface area contributed by atoms with Crippen LogP contribution >= 0.6 is 23.4 Å². The summed E-state index contributed by atoms with van der Waals surface area (Å²) < 4.78 is 7.51. The fraction of sp³-hybridized carbons (Fsp3) is 0.259. The lowest BCUT2D eigenvalue weighted by atomic mass is 10.1. The number of hydrogen-bond acceptors (Lipinski definition) is 6. The van der Waals surface area contributed by atoms with Gasteiger partial charge >= 0.3 is 5.97 Å². The van der Waals surface area contributed by atoms with Crippen LogP contribution < -0.4 is 4.74 Å². The fourth-order valence-corrected chi connectivity index (χ4v) is 4.74. The molecule has 1 saturated heterocycles. The van der Waals surface area contributed by atoms with E-state index >= 15 is 0 Å². The summed E-state index contributed by atoms with van der Waals surface area (Å²) in [5.74, 6) is -1.14. The van der Waals surface area contributed by atoms with E-state index in [0.29, 0.717) is 34.6 Å². The van der Waals surface area contributed by atoms with E-state index < -0.39 is 23.7 Å². The Morgan fingerprint density at radius 2 is 1.81 bits per heavy atom. The number of rotatable bonds is 11.